The first-order valence-electron chi connectivity index (χ1n) is 10.6. The lowest BCUT2D eigenvalue weighted by atomic mass is 9.88. The first-order valence-corrected chi connectivity index (χ1v) is 11.5. The average molecular weight is 466 g/mol. The molecule has 2 aromatic carbocycles. The number of hydrogen-bond donors (Lipinski definition) is 2. The number of anilines is 1. The van der Waals surface area contributed by atoms with Crippen LogP contribution in [0.4, 0.5) is 5.95 Å². The third kappa shape index (κ3) is 4.09. The van der Waals surface area contributed by atoms with E-state index in [1.54, 1.807) is 14.2 Å². The smallest absolute Gasteiger partial charge is 0.272 e. The molecule has 0 saturated heterocycles. The van der Waals surface area contributed by atoms with Crippen LogP contribution in [0.25, 0.3) is 10.1 Å². The van der Waals surface area contributed by atoms with Crippen molar-refractivity contribution in [3.05, 3.63) is 51.9 Å². The molecule has 1 aliphatic carbocycles. The Hall–Kier alpha value is -3.66. The van der Waals surface area contributed by atoms with Crippen molar-refractivity contribution >= 4 is 33.3 Å². The SMILES string of the molecule is COc1cc2sc(C(=O)Nc3nn[nH]n3)c(OCc3cccc4c3CCCC4)c2cc1OC. The van der Waals surface area contributed by atoms with E-state index in [1.165, 1.54) is 35.3 Å². The van der Waals surface area contributed by atoms with E-state index in [-0.39, 0.29) is 11.9 Å². The molecule has 0 saturated carbocycles. The van der Waals surface area contributed by atoms with Gasteiger partial charge >= 0.3 is 0 Å². The maximum Gasteiger partial charge on any atom is 0.272 e. The summed E-state index contributed by atoms with van der Waals surface area (Å²) >= 11 is 1.31. The highest BCUT2D eigenvalue weighted by Gasteiger charge is 2.24. The molecular formula is C23H23N5O4S. The summed E-state index contributed by atoms with van der Waals surface area (Å²) in [6.45, 7) is 0.367. The molecule has 0 spiro atoms. The number of amides is 1. The third-order valence-corrected chi connectivity index (χ3v) is 6.92. The van der Waals surface area contributed by atoms with Gasteiger partial charge in [-0.2, -0.15) is 5.21 Å². The number of nitrogens with one attached hydrogen (secondary N) is 2. The van der Waals surface area contributed by atoms with Crippen LogP contribution in [0.2, 0.25) is 0 Å². The summed E-state index contributed by atoms with van der Waals surface area (Å²) in [6.07, 6.45) is 4.55. The monoisotopic (exact) mass is 465 g/mol. The third-order valence-electron chi connectivity index (χ3n) is 5.79. The number of aromatic nitrogens is 4. The van der Waals surface area contributed by atoms with Crippen LogP contribution in [-0.2, 0) is 19.4 Å². The number of aromatic amines is 1. The quantitative estimate of drug-likeness (QED) is 0.422. The summed E-state index contributed by atoms with van der Waals surface area (Å²) < 4.78 is 18.1. The highest BCUT2D eigenvalue weighted by Crippen LogP contribution is 2.44. The maximum absolute atomic E-state index is 13.1. The summed E-state index contributed by atoms with van der Waals surface area (Å²) in [5.74, 6) is 1.36. The maximum atomic E-state index is 13.1. The average Bonchev–Trinajstić information content (AvgIpc) is 3.49. The van der Waals surface area contributed by atoms with Crippen molar-refractivity contribution in [2.45, 2.75) is 32.3 Å². The standard InChI is InChI=1S/C23H23N5O4S/c1-30-17-10-16-19(11-18(17)31-2)33-21(22(29)24-23-25-27-28-26-23)20(16)32-12-14-8-5-7-13-6-3-4-9-15(13)14/h5,7-8,10-11H,3-4,6,9,12H2,1-2H3,(H2,24,25,26,27,28,29). The molecule has 0 bridgehead atoms. The number of thiophene rings is 1. The van der Waals surface area contributed by atoms with Crippen molar-refractivity contribution in [1.82, 2.24) is 20.6 Å². The van der Waals surface area contributed by atoms with Gasteiger partial charge in [-0.1, -0.05) is 23.3 Å². The fourth-order valence-corrected chi connectivity index (χ4v) is 5.26. The van der Waals surface area contributed by atoms with Crippen LogP contribution in [-0.4, -0.2) is 40.8 Å². The van der Waals surface area contributed by atoms with Gasteiger partial charge in [-0.05, 0) is 53.7 Å². The molecule has 0 radical (unpaired) electrons. The fourth-order valence-electron chi connectivity index (χ4n) is 4.21. The highest BCUT2D eigenvalue weighted by atomic mass is 32.1. The van der Waals surface area contributed by atoms with E-state index in [4.69, 9.17) is 14.2 Å². The Morgan fingerprint density at radius 2 is 1.97 bits per heavy atom. The number of H-pyrrole nitrogens is 1. The van der Waals surface area contributed by atoms with E-state index in [1.807, 2.05) is 12.1 Å². The van der Waals surface area contributed by atoms with E-state index >= 15 is 0 Å². The Morgan fingerprint density at radius 3 is 2.76 bits per heavy atom. The van der Waals surface area contributed by atoms with Crippen LogP contribution in [0.5, 0.6) is 17.2 Å². The van der Waals surface area contributed by atoms with Gasteiger partial charge in [0.05, 0.1) is 14.2 Å². The molecule has 33 heavy (non-hydrogen) atoms. The second kappa shape index (κ2) is 9.07. The molecule has 1 aliphatic rings. The molecule has 170 valence electrons. The predicted molar refractivity (Wildman–Crippen MR) is 124 cm³/mol. The fraction of sp³-hybridized carbons (Fsp3) is 0.304. The zero-order valence-corrected chi connectivity index (χ0v) is 19.1. The molecule has 4 aromatic rings. The molecule has 0 atom stereocenters. The van der Waals surface area contributed by atoms with Crippen molar-refractivity contribution in [3.63, 3.8) is 0 Å². The van der Waals surface area contributed by atoms with E-state index in [0.717, 1.165) is 28.5 Å². The molecule has 0 aliphatic heterocycles. The van der Waals surface area contributed by atoms with Gasteiger partial charge in [0.1, 0.15) is 11.5 Å². The number of benzene rings is 2. The molecule has 0 fully saturated rings. The van der Waals surface area contributed by atoms with Crippen LogP contribution in [0.3, 0.4) is 0 Å². The Labute approximate surface area is 194 Å². The van der Waals surface area contributed by atoms with Crippen LogP contribution in [0.15, 0.2) is 30.3 Å². The van der Waals surface area contributed by atoms with E-state index in [0.29, 0.717) is 28.7 Å². The van der Waals surface area contributed by atoms with Gasteiger partial charge in [-0.25, -0.2) is 0 Å². The molecule has 2 heterocycles. The van der Waals surface area contributed by atoms with Gasteiger partial charge < -0.3 is 14.2 Å². The number of carbonyl (C=O) groups excluding carboxylic acids is 1. The lowest BCUT2D eigenvalue weighted by Gasteiger charge is -2.19. The highest BCUT2D eigenvalue weighted by molar-refractivity contribution is 7.21. The molecule has 0 unspecified atom stereocenters. The number of nitrogens with zero attached hydrogens (tertiary/aromatic N) is 3. The summed E-state index contributed by atoms with van der Waals surface area (Å²) in [5, 5.41) is 16.9. The zero-order chi connectivity index (χ0) is 22.8. The minimum absolute atomic E-state index is 0.0932. The second-order valence-electron chi connectivity index (χ2n) is 7.70. The molecule has 2 aromatic heterocycles. The van der Waals surface area contributed by atoms with Crippen molar-refractivity contribution < 1.29 is 19.0 Å². The second-order valence-corrected chi connectivity index (χ2v) is 8.76. The summed E-state index contributed by atoms with van der Waals surface area (Å²) in [7, 11) is 3.16. The topological polar surface area (TPSA) is 111 Å². The number of carbonyl (C=O) groups is 1. The molecule has 10 heteroatoms. The predicted octanol–water partition coefficient (Wildman–Crippen LogP) is 4.14. The molecular weight excluding hydrogens is 442 g/mol. The van der Waals surface area contributed by atoms with Crippen molar-refractivity contribution in [3.8, 4) is 17.2 Å². The molecule has 2 N–H and O–H groups in total. The Kier molecular flexibility index (Phi) is 5.82. The summed E-state index contributed by atoms with van der Waals surface area (Å²) in [4.78, 5) is 13.5. The number of fused-ring (bicyclic) bond motifs is 2. The number of methoxy groups -OCH3 is 2. The van der Waals surface area contributed by atoms with Crippen molar-refractivity contribution in [2.75, 3.05) is 19.5 Å². The Bertz CT molecular complexity index is 1300. The van der Waals surface area contributed by atoms with Crippen LogP contribution < -0.4 is 19.5 Å². The number of tetrazole rings is 1. The summed E-state index contributed by atoms with van der Waals surface area (Å²) in [6, 6.07) is 10.1. The van der Waals surface area contributed by atoms with Gasteiger partial charge in [0.25, 0.3) is 11.9 Å². The molecule has 1 amide bonds. The number of hydrogen-bond acceptors (Lipinski definition) is 8. The largest absolute Gasteiger partial charge is 0.493 e. The number of rotatable bonds is 7. The minimum atomic E-state index is -0.374. The molecule has 5 rings (SSSR count). The molecule has 9 nitrogen and oxygen atoms in total. The van der Waals surface area contributed by atoms with Gasteiger partial charge in [-0.3, -0.25) is 10.1 Å². The first kappa shape index (κ1) is 21.2. The number of aryl methyl sites for hydroxylation is 1. The first-order chi connectivity index (χ1) is 16.2. The van der Waals surface area contributed by atoms with Gasteiger partial charge in [-0.15, -0.1) is 16.4 Å². The lowest BCUT2D eigenvalue weighted by molar-refractivity contribution is 0.102. The van der Waals surface area contributed by atoms with E-state index in [9.17, 15) is 4.79 Å². The van der Waals surface area contributed by atoms with Gasteiger partial charge in [0.15, 0.2) is 17.2 Å². The van der Waals surface area contributed by atoms with Crippen LogP contribution >= 0.6 is 11.3 Å². The van der Waals surface area contributed by atoms with Crippen LogP contribution in [0.1, 0.15) is 39.2 Å². The van der Waals surface area contributed by atoms with Crippen LogP contribution in [0, 0.1) is 0 Å². The normalized spacial score (nSPS) is 12.9. The summed E-state index contributed by atoms with van der Waals surface area (Å²) in [5.41, 5.74) is 3.90. The van der Waals surface area contributed by atoms with E-state index in [2.05, 4.69) is 44.1 Å². The Morgan fingerprint density at radius 1 is 1.15 bits per heavy atom. The van der Waals surface area contributed by atoms with Crippen molar-refractivity contribution in [1.29, 1.82) is 0 Å². The minimum Gasteiger partial charge on any atom is -0.493 e. The van der Waals surface area contributed by atoms with E-state index < -0.39 is 0 Å². The zero-order valence-electron chi connectivity index (χ0n) is 18.3. The number of ether oxygens (including phenoxy) is 3. The lowest BCUT2D eigenvalue weighted by Crippen LogP contribution is -2.13. The van der Waals surface area contributed by atoms with Gasteiger partial charge in [0, 0.05) is 16.2 Å². The Balaban J connectivity index is 1.54. The van der Waals surface area contributed by atoms with Gasteiger partial charge in [0.2, 0.25) is 0 Å². The van der Waals surface area contributed by atoms with Crippen molar-refractivity contribution in [2.24, 2.45) is 0 Å².